The number of thiophene rings is 1. The van der Waals surface area contributed by atoms with Crippen LogP contribution in [0, 0.1) is 0 Å². The van der Waals surface area contributed by atoms with Crippen molar-refractivity contribution in [1.29, 1.82) is 0 Å². The number of nitrogens with two attached hydrogens (primary N) is 1. The molecule has 2 N–H and O–H groups in total. The van der Waals surface area contributed by atoms with Crippen molar-refractivity contribution in [2.24, 2.45) is 0 Å². The minimum atomic E-state index is 0.654. The molecular weight excluding hydrogens is 172 g/mol. The number of nitrogen functional groups attached to an aromatic ring is 1. The Kier molecular flexibility index (Phi) is 1.69. The fourth-order valence-corrected chi connectivity index (χ4v) is 2.04. The molecule has 0 aliphatic heterocycles. The summed E-state index contributed by atoms with van der Waals surface area (Å²) < 4.78 is 1.73. The lowest BCUT2D eigenvalue weighted by Gasteiger charge is -2.01. The second-order valence-electron chi connectivity index (χ2n) is 2.47. The predicted octanol–water partition coefficient (Wildman–Crippen LogP) is 1.73. The second kappa shape index (κ2) is 2.71. The van der Waals surface area contributed by atoms with Gasteiger partial charge < -0.3 is 10.6 Å². The first kappa shape index (κ1) is 7.49. The zero-order valence-corrected chi connectivity index (χ0v) is 7.60. The number of aromatic nitrogens is 1. The molecule has 12 heavy (non-hydrogen) atoms. The zero-order valence-electron chi connectivity index (χ0n) is 6.78. The molecule has 0 aliphatic rings. The highest BCUT2D eigenvalue weighted by Gasteiger charge is 2.06. The summed E-state index contributed by atoms with van der Waals surface area (Å²) in [5.41, 5.74) is 6.54. The Labute approximate surface area is 74.3 Å². The topological polar surface area (TPSA) is 40.2 Å². The molecule has 3 nitrogen and oxygen atoms in total. The summed E-state index contributed by atoms with van der Waals surface area (Å²) in [5.74, 6) is 0. The van der Waals surface area contributed by atoms with Gasteiger partial charge in [0, 0.05) is 5.39 Å². The van der Waals surface area contributed by atoms with E-state index in [0.717, 1.165) is 15.9 Å². The van der Waals surface area contributed by atoms with Crippen molar-refractivity contribution in [2.75, 3.05) is 12.3 Å². The summed E-state index contributed by atoms with van der Waals surface area (Å²) in [5, 5.41) is 3.09. The van der Waals surface area contributed by atoms with Gasteiger partial charge in [0.05, 0.1) is 11.9 Å². The predicted molar refractivity (Wildman–Crippen MR) is 51.3 cm³/mol. The van der Waals surface area contributed by atoms with Crippen molar-refractivity contribution >= 4 is 27.2 Å². The number of nitrogens with zero attached hydrogens (tertiary/aromatic N) is 1. The molecule has 0 aliphatic carbocycles. The molecule has 0 bridgehead atoms. The third kappa shape index (κ3) is 0.956. The van der Waals surface area contributed by atoms with Crippen LogP contribution in [-0.2, 0) is 0 Å². The Morgan fingerprint density at radius 1 is 1.67 bits per heavy atom. The molecule has 64 valence electrons. The van der Waals surface area contributed by atoms with E-state index in [9.17, 15) is 0 Å². The molecule has 0 fully saturated rings. The van der Waals surface area contributed by atoms with Crippen LogP contribution in [0.3, 0.4) is 0 Å². The summed E-state index contributed by atoms with van der Waals surface area (Å²) in [7, 11) is 0. The van der Waals surface area contributed by atoms with Gasteiger partial charge in [-0.1, -0.05) is 0 Å². The maximum atomic E-state index is 5.76. The molecule has 2 aromatic rings. The third-order valence-corrected chi connectivity index (χ3v) is 2.58. The number of rotatable bonds is 2. The van der Waals surface area contributed by atoms with Gasteiger partial charge in [-0.05, 0) is 18.4 Å². The number of fused-ring (bicyclic) bond motifs is 1. The Morgan fingerprint density at radius 2 is 2.50 bits per heavy atom. The normalized spacial score (nSPS) is 10.8. The molecule has 0 saturated heterocycles. The average Bonchev–Trinajstić information content (AvgIpc) is 2.58. The van der Waals surface area contributed by atoms with Crippen molar-refractivity contribution in [1.82, 2.24) is 4.73 Å². The molecule has 4 heteroatoms. The van der Waals surface area contributed by atoms with Crippen molar-refractivity contribution in [2.45, 2.75) is 6.92 Å². The van der Waals surface area contributed by atoms with E-state index >= 15 is 0 Å². The van der Waals surface area contributed by atoms with E-state index in [2.05, 4.69) is 0 Å². The summed E-state index contributed by atoms with van der Waals surface area (Å²) in [6.07, 6.45) is 1.81. The Balaban J connectivity index is 2.59. The molecular formula is C8H10N2OS. The third-order valence-electron chi connectivity index (χ3n) is 1.68. The summed E-state index contributed by atoms with van der Waals surface area (Å²) >= 11 is 1.63. The highest BCUT2D eigenvalue weighted by atomic mass is 32.1. The van der Waals surface area contributed by atoms with E-state index in [-0.39, 0.29) is 0 Å². The van der Waals surface area contributed by atoms with Crippen LogP contribution in [0.25, 0.3) is 10.2 Å². The Morgan fingerprint density at radius 3 is 3.25 bits per heavy atom. The first-order valence-electron chi connectivity index (χ1n) is 3.80. The van der Waals surface area contributed by atoms with Crippen LogP contribution < -0.4 is 10.6 Å². The van der Waals surface area contributed by atoms with E-state index in [0.29, 0.717) is 6.61 Å². The highest BCUT2D eigenvalue weighted by molar-refractivity contribution is 7.16. The monoisotopic (exact) mass is 182 g/mol. The fourth-order valence-electron chi connectivity index (χ4n) is 1.18. The van der Waals surface area contributed by atoms with Crippen LogP contribution in [-0.4, -0.2) is 11.3 Å². The van der Waals surface area contributed by atoms with Crippen LogP contribution in [0.1, 0.15) is 6.92 Å². The maximum absolute atomic E-state index is 5.76. The number of hydrogen-bond acceptors (Lipinski definition) is 3. The largest absolute Gasteiger partial charge is 0.413 e. The SMILES string of the molecule is CCOn1cc(N)c2ccsc21. The molecule has 2 heterocycles. The first-order valence-corrected chi connectivity index (χ1v) is 4.68. The molecule has 0 amide bonds. The average molecular weight is 182 g/mol. The minimum absolute atomic E-state index is 0.654. The summed E-state index contributed by atoms with van der Waals surface area (Å²) in [6.45, 7) is 2.61. The molecule has 0 radical (unpaired) electrons. The van der Waals surface area contributed by atoms with Gasteiger partial charge in [0.25, 0.3) is 0 Å². The molecule has 2 rings (SSSR count). The van der Waals surface area contributed by atoms with Gasteiger partial charge in [-0.2, -0.15) is 4.73 Å². The summed E-state index contributed by atoms with van der Waals surface area (Å²) in [6, 6.07) is 2.00. The van der Waals surface area contributed by atoms with Gasteiger partial charge in [0.2, 0.25) is 0 Å². The highest BCUT2D eigenvalue weighted by Crippen LogP contribution is 2.27. The van der Waals surface area contributed by atoms with Gasteiger partial charge in [-0.15, -0.1) is 11.3 Å². The minimum Gasteiger partial charge on any atom is -0.413 e. The lowest BCUT2D eigenvalue weighted by molar-refractivity contribution is 0.134. The standard InChI is InChI=1S/C8H10N2OS/c1-2-11-10-5-7(9)6-3-4-12-8(6)10/h3-5H,2,9H2,1H3. The Bertz CT molecular complexity index is 391. The van der Waals surface area contributed by atoms with Crippen molar-refractivity contribution in [3.05, 3.63) is 17.6 Å². The van der Waals surface area contributed by atoms with E-state index in [1.807, 2.05) is 24.6 Å². The van der Waals surface area contributed by atoms with Crippen molar-refractivity contribution in [3.8, 4) is 0 Å². The van der Waals surface area contributed by atoms with Crippen LogP contribution in [0.15, 0.2) is 17.6 Å². The Hall–Kier alpha value is -1.16. The van der Waals surface area contributed by atoms with Gasteiger partial charge in [-0.25, -0.2) is 0 Å². The van der Waals surface area contributed by atoms with Gasteiger partial charge in [-0.3, -0.25) is 0 Å². The zero-order chi connectivity index (χ0) is 8.55. The number of anilines is 1. The molecule has 0 saturated carbocycles. The van der Waals surface area contributed by atoms with E-state index < -0.39 is 0 Å². The van der Waals surface area contributed by atoms with E-state index in [1.165, 1.54) is 0 Å². The maximum Gasteiger partial charge on any atom is 0.141 e. The smallest absolute Gasteiger partial charge is 0.141 e. The van der Waals surface area contributed by atoms with Crippen LogP contribution in [0.2, 0.25) is 0 Å². The van der Waals surface area contributed by atoms with Crippen LogP contribution >= 0.6 is 11.3 Å². The van der Waals surface area contributed by atoms with Crippen molar-refractivity contribution in [3.63, 3.8) is 0 Å². The molecule has 0 unspecified atom stereocenters. The van der Waals surface area contributed by atoms with E-state index in [4.69, 9.17) is 10.6 Å². The van der Waals surface area contributed by atoms with Gasteiger partial charge in [0.1, 0.15) is 11.4 Å². The van der Waals surface area contributed by atoms with Crippen LogP contribution in [0.5, 0.6) is 0 Å². The van der Waals surface area contributed by atoms with Gasteiger partial charge in [0.15, 0.2) is 0 Å². The lowest BCUT2D eigenvalue weighted by Crippen LogP contribution is -2.07. The fraction of sp³-hybridized carbons (Fsp3) is 0.250. The number of hydrogen-bond donors (Lipinski definition) is 1. The lowest BCUT2D eigenvalue weighted by atomic mass is 10.4. The molecule has 0 atom stereocenters. The van der Waals surface area contributed by atoms with E-state index in [1.54, 1.807) is 16.1 Å². The van der Waals surface area contributed by atoms with Crippen molar-refractivity contribution < 1.29 is 4.84 Å². The molecule has 2 aromatic heterocycles. The molecule has 0 spiro atoms. The first-order chi connectivity index (χ1) is 5.83. The van der Waals surface area contributed by atoms with Gasteiger partial charge >= 0.3 is 0 Å². The quantitative estimate of drug-likeness (QED) is 0.768. The summed E-state index contributed by atoms with van der Waals surface area (Å²) in [4.78, 5) is 6.42. The van der Waals surface area contributed by atoms with Crippen LogP contribution in [0.4, 0.5) is 5.69 Å². The second-order valence-corrected chi connectivity index (χ2v) is 3.36. The molecule has 0 aromatic carbocycles.